The minimum Gasteiger partial charge on any atom is -0.481 e. The van der Waals surface area contributed by atoms with Crippen LogP contribution in [-0.2, 0) is 47.1 Å². The number of carbonyl (C=O) groups is 4. The first kappa shape index (κ1) is 31.9. The molecule has 0 radical (unpaired) electrons. The van der Waals surface area contributed by atoms with Gasteiger partial charge in [0.05, 0.1) is 24.0 Å². The van der Waals surface area contributed by atoms with Crippen LogP contribution in [0.25, 0.3) is 0 Å². The van der Waals surface area contributed by atoms with Crippen molar-refractivity contribution < 1.29 is 53.8 Å². The van der Waals surface area contributed by atoms with Gasteiger partial charge in [0, 0.05) is 23.6 Å². The number of ether oxygens (including phenoxy) is 3. The molecular weight excluding hydrogens is 576 g/mol. The summed E-state index contributed by atoms with van der Waals surface area (Å²) in [6.07, 6.45) is -1.98. The van der Waals surface area contributed by atoms with E-state index in [2.05, 4.69) is 10.2 Å². The molecule has 13 nitrogen and oxygen atoms in total. The molecule has 2 aliphatic carbocycles. The van der Waals surface area contributed by atoms with Gasteiger partial charge < -0.3 is 44.9 Å². The van der Waals surface area contributed by atoms with Crippen LogP contribution >= 0.6 is 0 Å². The fourth-order valence-corrected chi connectivity index (χ4v) is 7.33. The minimum absolute atomic E-state index is 0.0173. The van der Waals surface area contributed by atoms with E-state index in [4.69, 9.17) is 14.2 Å². The lowest BCUT2D eigenvalue weighted by molar-refractivity contribution is -0.172. The molecule has 1 amide bonds. The Bertz CT molecular complexity index is 1390. The van der Waals surface area contributed by atoms with Gasteiger partial charge in [-0.2, -0.15) is 0 Å². The van der Waals surface area contributed by atoms with Gasteiger partial charge in [-0.05, 0) is 57.3 Å². The topological polar surface area (TPSA) is 192 Å². The van der Waals surface area contributed by atoms with Crippen molar-refractivity contribution in [1.29, 1.82) is 0 Å². The van der Waals surface area contributed by atoms with Crippen molar-refractivity contribution in [2.45, 2.75) is 101 Å². The van der Waals surface area contributed by atoms with Gasteiger partial charge >= 0.3 is 17.9 Å². The number of amides is 1. The average molecular weight is 617 g/mol. The van der Waals surface area contributed by atoms with Crippen molar-refractivity contribution in [3.8, 4) is 5.75 Å². The van der Waals surface area contributed by atoms with Gasteiger partial charge in [-0.1, -0.05) is 26.0 Å². The summed E-state index contributed by atoms with van der Waals surface area (Å²) in [7, 11) is 1.97. The second-order valence-electron chi connectivity index (χ2n) is 12.7. The van der Waals surface area contributed by atoms with Crippen LogP contribution in [0.1, 0.15) is 63.1 Å². The van der Waals surface area contributed by atoms with Gasteiger partial charge in [-0.25, -0.2) is 9.59 Å². The van der Waals surface area contributed by atoms with E-state index in [-0.39, 0.29) is 37.2 Å². The molecule has 2 bridgehead atoms. The number of likely N-dealkylation sites (tertiary alicyclic amines) is 1. The Balaban J connectivity index is 1.27. The van der Waals surface area contributed by atoms with Crippen LogP contribution in [-0.4, -0.2) is 98.7 Å². The van der Waals surface area contributed by atoms with Crippen LogP contribution in [0.2, 0.25) is 0 Å². The SMILES string of the molecule is CC(C)C[C@H](NC(=O)[C@H](C)OC(=O)[C@@H](O)CC(=O)OC1=CC[C@@]2(O)[C@H]3Cc4ccc(CO)c5c4[C@@]2(CCN3C)[C@H]1O5)C(=O)O. The van der Waals surface area contributed by atoms with E-state index in [1.54, 1.807) is 26.0 Å². The number of likely N-dealkylation sites (N-methyl/N-ethyl adjacent to an activating group) is 1. The molecule has 240 valence electrons. The summed E-state index contributed by atoms with van der Waals surface area (Å²) in [4.78, 5) is 51.5. The number of aliphatic hydroxyl groups excluding tert-OH is 2. The first-order chi connectivity index (χ1) is 20.7. The van der Waals surface area contributed by atoms with E-state index in [1.165, 1.54) is 6.92 Å². The third kappa shape index (κ3) is 5.15. The smallest absolute Gasteiger partial charge is 0.336 e. The third-order valence-electron chi connectivity index (χ3n) is 9.47. The zero-order chi connectivity index (χ0) is 32.1. The Morgan fingerprint density at radius 3 is 2.59 bits per heavy atom. The maximum atomic E-state index is 13.0. The first-order valence-electron chi connectivity index (χ1n) is 14.9. The van der Waals surface area contributed by atoms with Crippen molar-refractivity contribution in [2.24, 2.45) is 5.92 Å². The Labute approximate surface area is 254 Å². The highest BCUT2D eigenvalue weighted by Gasteiger charge is 2.71. The largest absolute Gasteiger partial charge is 0.481 e. The van der Waals surface area contributed by atoms with Gasteiger partial charge in [0.2, 0.25) is 0 Å². The summed E-state index contributed by atoms with van der Waals surface area (Å²) >= 11 is 0. The van der Waals surface area contributed by atoms with E-state index in [9.17, 15) is 39.6 Å². The molecule has 1 saturated heterocycles. The van der Waals surface area contributed by atoms with Crippen LogP contribution in [0, 0.1) is 5.92 Å². The van der Waals surface area contributed by atoms with Gasteiger partial charge in [0.15, 0.2) is 18.3 Å². The van der Waals surface area contributed by atoms with Crippen LogP contribution in [0.5, 0.6) is 5.75 Å². The normalized spacial score (nSPS) is 28.6. The number of benzene rings is 1. The maximum absolute atomic E-state index is 13.0. The van der Waals surface area contributed by atoms with E-state index >= 15 is 0 Å². The van der Waals surface area contributed by atoms with Crippen molar-refractivity contribution in [1.82, 2.24) is 10.2 Å². The standard InChI is InChI=1S/C31H40N2O11/c1-15(2)11-19(28(38)39)32-27(37)16(3)42-29(40)20(35)13-23(36)43-21-7-8-31(41)22-12-17-5-6-18(14-34)25-24(17)30(31,26(21)44-25)9-10-33(22)4/h5-7,15-16,19-20,22,26,34-35,41H,8-14H2,1-4H3,(H,32,37)(H,38,39)/t16-,19-,20-,22+,26-,30-,31+/m0/s1. The molecule has 44 heavy (non-hydrogen) atoms. The predicted octanol–water partition coefficient (Wildman–Crippen LogP) is 0.298. The molecule has 7 atom stereocenters. The Morgan fingerprint density at radius 2 is 1.93 bits per heavy atom. The highest BCUT2D eigenvalue weighted by molar-refractivity contribution is 5.89. The van der Waals surface area contributed by atoms with Gasteiger partial charge in [-0.3, -0.25) is 9.59 Å². The number of rotatable bonds is 11. The Kier molecular flexibility index (Phi) is 8.53. The molecular formula is C31H40N2O11. The highest BCUT2D eigenvalue weighted by Crippen LogP contribution is 2.64. The number of piperidine rings is 1. The molecule has 2 aliphatic heterocycles. The van der Waals surface area contributed by atoms with E-state index in [1.807, 2.05) is 13.1 Å². The number of aliphatic carboxylic acids is 1. The third-order valence-corrected chi connectivity index (χ3v) is 9.47. The van der Waals surface area contributed by atoms with E-state index in [0.29, 0.717) is 30.7 Å². The lowest BCUT2D eigenvalue weighted by atomic mass is 9.50. The molecule has 1 spiro atoms. The fraction of sp³-hybridized carbons (Fsp3) is 0.613. The molecule has 0 aromatic heterocycles. The summed E-state index contributed by atoms with van der Waals surface area (Å²) in [6, 6.07) is 2.36. The molecule has 1 aromatic rings. The summed E-state index contributed by atoms with van der Waals surface area (Å²) in [6.45, 7) is 5.21. The number of hydrogen-bond acceptors (Lipinski definition) is 11. The summed E-state index contributed by atoms with van der Waals surface area (Å²) in [5, 5.41) is 44.3. The average Bonchev–Trinajstić information content (AvgIpc) is 3.31. The fourth-order valence-electron chi connectivity index (χ4n) is 7.33. The number of carbonyl (C=O) groups excluding carboxylic acids is 3. The lowest BCUT2D eigenvalue weighted by Gasteiger charge is -2.61. The van der Waals surface area contributed by atoms with Crippen molar-refractivity contribution in [2.75, 3.05) is 13.6 Å². The second-order valence-corrected chi connectivity index (χ2v) is 12.7. The number of nitrogens with zero attached hydrogens (tertiary/aromatic N) is 1. The quantitative estimate of drug-likeness (QED) is 0.214. The Hall–Kier alpha value is -3.52. The molecule has 0 unspecified atom stereocenters. The van der Waals surface area contributed by atoms with Crippen molar-refractivity contribution in [3.05, 3.63) is 40.7 Å². The monoisotopic (exact) mass is 616 g/mol. The molecule has 1 fully saturated rings. The maximum Gasteiger partial charge on any atom is 0.336 e. The van der Waals surface area contributed by atoms with Gasteiger partial charge in [0.25, 0.3) is 5.91 Å². The van der Waals surface area contributed by atoms with Gasteiger partial charge in [0.1, 0.15) is 17.6 Å². The predicted molar refractivity (Wildman–Crippen MR) is 152 cm³/mol. The molecule has 2 heterocycles. The number of nitrogens with one attached hydrogen (secondary N) is 1. The number of esters is 2. The zero-order valence-electron chi connectivity index (χ0n) is 25.2. The molecule has 0 saturated carbocycles. The zero-order valence-corrected chi connectivity index (χ0v) is 25.2. The van der Waals surface area contributed by atoms with Crippen LogP contribution < -0.4 is 10.1 Å². The number of aliphatic hydroxyl groups is 3. The van der Waals surface area contributed by atoms with Crippen LogP contribution in [0.4, 0.5) is 0 Å². The lowest BCUT2D eigenvalue weighted by Crippen LogP contribution is -2.74. The second kappa shape index (κ2) is 11.8. The molecule has 5 N–H and O–H groups in total. The molecule has 4 aliphatic rings. The summed E-state index contributed by atoms with van der Waals surface area (Å²) < 4.78 is 17.1. The van der Waals surface area contributed by atoms with Crippen molar-refractivity contribution >= 4 is 23.8 Å². The van der Waals surface area contributed by atoms with Crippen molar-refractivity contribution in [3.63, 3.8) is 0 Å². The summed E-state index contributed by atoms with van der Waals surface area (Å²) in [5.74, 6) is -3.68. The molecule has 13 heteroatoms. The molecule has 5 rings (SSSR count). The van der Waals surface area contributed by atoms with Crippen LogP contribution in [0.15, 0.2) is 24.0 Å². The summed E-state index contributed by atoms with van der Waals surface area (Å²) in [5.41, 5.74) is 0.252. The van der Waals surface area contributed by atoms with E-state index in [0.717, 1.165) is 11.1 Å². The van der Waals surface area contributed by atoms with Crippen LogP contribution in [0.3, 0.4) is 0 Å². The van der Waals surface area contributed by atoms with Gasteiger partial charge in [-0.15, -0.1) is 0 Å². The number of hydrogen-bond donors (Lipinski definition) is 5. The number of carboxylic acids is 1. The number of carboxylic acid groups (broad SMARTS) is 1. The first-order valence-corrected chi connectivity index (χ1v) is 14.9. The highest BCUT2D eigenvalue weighted by atomic mass is 16.6. The minimum atomic E-state index is -1.96. The Morgan fingerprint density at radius 1 is 1.20 bits per heavy atom. The molecule has 1 aromatic carbocycles. The van der Waals surface area contributed by atoms with E-state index < -0.39 is 65.6 Å².